The van der Waals surface area contributed by atoms with Crippen LogP contribution in [0.4, 0.5) is 10.5 Å². The third-order valence-corrected chi connectivity index (χ3v) is 6.06. The van der Waals surface area contributed by atoms with Crippen molar-refractivity contribution in [2.24, 2.45) is 5.92 Å². The number of nitrogens with one attached hydrogen (secondary N) is 1. The largest absolute Gasteiger partial charge is 0.449 e. The molecule has 2 aromatic carbocycles. The molecule has 8 heteroatoms. The summed E-state index contributed by atoms with van der Waals surface area (Å²) in [5.41, 5.74) is 2.53. The van der Waals surface area contributed by atoms with E-state index in [1.165, 1.54) is 6.39 Å². The maximum Gasteiger partial charge on any atom is 0.411 e. The Morgan fingerprint density at radius 2 is 1.94 bits per heavy atom. The summed E-state index contributed by atoms with van der Waals surface area (Å²) < 4.78 is 11.6. The topological polar surface area (TPSA) is 84.7 Å². The Balaban J connectivity index is 1.15. The summed E-state index contributed by atoms with van der Waals surface area (Å²) in [6.45, 7) is 2.93. The maximum absolute atomic E-state index is 12.7. The number of fused-ring (bicyclic) bond motifs is 1. The molecule has 31 heavy (non-hydrogen) atoms. The maximum atomic E-state index is 12.7. The molecule has 1 aliphatic rings. The van der Waals surface area contributed by atoms with Gasteiger partial charge in [0, 0.05) is 22.5 Å². The van der Waals surface area contributed by atoms with Gasteiger partial charge in [-0.2, -0.15) is 0 Å². The average Bonchev–Trinajstić information content (AvgIpc) is 3.27. The van der Waals surface area contributed by atoms with Gasteiger partial charge < -0.3 is 14.1 Å². The number of aromatic nitrogens is 1. The number of halogens is 1. The molecule has 0 aliphatic carbocycles. The smallest absolute Gasteiger partial charge is 0.411 e. The molecule has 0 unspecified atom stereocenters. The van der Waals surface area contributed by atoms with Gasteiger partial charge in [-0.25, -0.2) is 9.78 Å². The highest BCUT2D eigenvalue weighted by Gasteiger charge is 2.25. The van der Waals surface area contributed by atoms with Gasteiger partial charge >= 0.3 is 6.09 Å². The second-order valence-corrected chi connectivity index (χ2v) is 8.52. The predicted octanol–water partition coefficient (Wildman–Crippen LogP) is 5.12. The third-order valence-electron chi connectivity index (χ3n) is 5.53. The highest BCUT2D eigenvalue weighted by atomic mass is 79.9. The van der Waals surface area contributed by atoms with Crippen molar-refractivity contribution in [2.45, 2.75) is 19.3 Å². The zero-order valence-corrected chi connectivity index (χ0v) is 18.6. The van der Waals surface area contributed by atoms with Crippen molar-refractivity contribution in [1.29, 1.82) is 0 Å². The summed E-state index contributed by atoms with van der Waals surface area (Å²) >= 11 is 3.40. The second-order valence-electron chi connectivity index (χ2n) is 7.61. The van der Waals surface area contributed by atoms with Crippen LogP contribution in [0, 0.1) is 5.92 Å². The van der Waals surface area contributed by atoms with Gasteiger partial charge in [0.1, 0.15) is 5.52 Å². The van der Waals surface area contributed by atoms with E-state index in [9.17, 15) is 9.59 Å². The summed E-state index contributed by atoms with van der Waals surface area (Å²) in [6, 6.07) is 12.9. The van der Waals surface area contributed by atoms with Crippen molar-refractivity contribution < 1.29 is 18.7 Å². The van der Waals surface area contributed by atoms with Crippen molar-refractivity contribution in [3.63, 3.8) is 0 Å². The van der Waals surface area contributed by atoms with E-state index in [2.05, 4.69) is 31.1 Å². The molecule has 7 nitrogen and oxygen atoms in total. The van der Waals surface area contributed by atoms with Crippen LogP contribution in [-0.2, 0) is 4.74 Å². The summed E-state index contributed by atoms with van der Waals surface area (Å²) in [6.07, 6.45) is 3.29. The van der Waals surface area contributed by atoms with Crippen molar-refractivity contribution in [3.05, 3.63) is 58.9 Å². The van der Waals surface area contributed by atoms with E-state index in [0.29, 0.717) is 23.4 Å². The molecule has 3 aromatic rings. The van der Waals surface area contributed by atoms with Gasteiger partial charge in [0.05, 0.1) is 12.3 Å². The summed E-state index contributed by atoms with van der Waals surface area (Å²) in [5, 5.41) is 2.70. The highest BCUT2D eigenvalue weighted by Crippen LogP contribution is 2.24. The Morgan fingerprint density at radius 1 is 1.16 bits per heavy atom. The molecule has 1 amide bonds. The third kappa shape index (κ3) is 5.51. The quantitative estimate of drug-likeness (QED) is 0.369. The number of carbonyl (C=O) groups excluding carboxylic acids is 2. The van der Waals surface area contributed by atoms with Crippen LogP contribution in [0.15, 0.2) is 57.7 Å². The molecule has 0 spiro atoms. The Bertz CT molecular complexity index is 1040. The first-order valence-corrected chi connectivity index (χ1v) is 11.2. The molecule has 1 N–H and O–H groups in total. The number of ether oxygens (including phenoxy) is 1. The minimum Gasteiger partial charge on any atom is -0.449 e. The molecular formula is C23H24BrN3O4. The zero-order valence-electron chi connectivity index (χ0n) is 17.1. The SMILES string of the molecule is O=C(Nc1cccc2ncoc12)OCCCN1CCC(C(=O)c2ccc(Br)cc2)CC1. The first kappa shape index (κ1) is 21.5. The number of carbonyl (C=O) groups is 2. The number of rotatable bonds is 7. The number of likely N-dealkylation sites (tertiary alicyclic amines) is 1. The molecule has 0 radical (unpaired) electrons. The molecule has 1 aromatic heterocycles. The number of ketones is 1. The number of piperidine rings is 1. The van der Waals surface area contributed by atoms with Crippen LogP contribution in [0.25, 0.3) is 11.1 Å². The molecular weight excluding hydrogens is 462 g/mol. The molecule has 0 bridgehead atoms. The highest BCUT2D eigenvalue weighted by molar-refractivity contribution is 9.10. The monoisotopic (exact) mass is 485 g/mol. The van der Waals surface area contributed by atoms with Crippen LogP contribution in [0.3, 0.4) is 0 Å². The molecule has 162 valence electrons. The van der Waals surface area contributed by atoms with Crippen LogP contribution in [0.2, 0.25) is 0 Å². The van der Waals surface area contributed by atoms with Crippen molar-refractivity contribution in [3.8, 4) is 0 Å². The standard InChI is InChI=1S/C23H24BrN3O4/c24-18-7-5-16(6-8-18)21(28)17-9-12-27(13-10-17)11-2-14-30-23(29)26-20-4-1-3-19-22(20)31-15-25-19/h1,3-8,15,17H,2,9-14H2,(H,26,29). The molecule has 1 saturated heterocycles. The Kier molecular flexibility index (Phi) is 6.99. The molecule has 0 saturated carbocycles. The second kappa shape index (κ2) is 10.1. The number of amides is 1. The first-order valence-electron chi connectivity index (χ1n) is 10.4. The molecule has 2 heterocycles. The lowest BCUT2D eigenvalue weighted by Gasteiger charge is -2.31. The number of Topliss-reactive ketones (excluding diaryl/α,β-unsaturated/α-hetero) is 1. The lowest BCUT2D eigenvalue weighted by Crippen LogP contribution is -2.37. The fourth-order valence-electron chi connectivity index (χ4n) is 3.85. The van der Waals surface area contributed by atoms with E-state index in [1.807, 2.05) is 30.3 Å². The van der Waals surface area contributed by atoms with Crippen LogP contribution < -0.4 is 5.32 Å². The Hall–Kier alpha value is -2.71. The molecule has 1 aliphatic heterocycles. The van der Waals surface area contributed by atoms with E-state index in [0.717, 1.165) is 48.9 Å². The van der Waals surface area contributed by atoms with Crippen molar-refractivity contribution in [1.82, 2.24) is 9.88 Å². The van der Waals surface area contributed by atoms with Crippen LogP contribution >= 0.6 is 15.9 Å². The van der Waals surface area contributed by atoms with Crippen molar-refractivity contribution in [2.75, 3.05) is 31.6 Å². The number of hydrogen-bond donors (Lipinski definition) is 1. The predicted molar refractivity (Wildman–Crippen MR) is 121 cm³/mol. The van der Waals surface area contributed by atoms with E-state index < -0.39 is 6.09 Å². The molecule has 0 atom stereocenters. The average molecular weight is 486 g/mol. The van der Waals surface area contributed by atoms with Gasteiger partial charge in [0.15, 0.2) is 17.8 Å². The summed E-state index contributed by atoms with van der Waals surface area (Å²) in [5.74, 6) is 0.312. The summed E-state index contributed by atoms with van der Waals surface area (Å²) in [7, 11) is 0. The molecule has 1 fully saturated rings. The number of nitrogens with zero attached hydrogens (tertiary/aromatic N) is 2. The van der Waals surface area contributed by atoms with Crippen LogP contribution in [0.5, 0.6) is 0 Å². The van der Waals surface area contributed by atoms with E-state index in [-0.39, 0.29) is 11.7 Å². The van der Waals surface area contributed by atoms with E-state index in [4.69, 9.17) is 9.15 Å². The Labute approximate surface area is 188 Å². The number of oxazole rings is 1. The number of anilines is 1. The van der Waals surface area contributed by atoms with Gasteiger partial charge in [0.2, 0.25) is 0 Å². The molecule has 4 rings (SSSR count). The van der Waals surface area contributed by atoms with Gasteiger partial charge in [0.25, 0.3) is 0 Å². The number of hydrogen-bond acceptors (Lipinski definition) is 6. The minimum atomic E-state index is -0.511. The normalized spacial score (nSPS) is 15.1. The fraction of sp³-hybridized carbons (Fsp3) is 0.348. The fourth-order valence-corrected chi connectivity index (χ4v) is 4.12. The van der Waals surface area contributed by atoms with Crippen LogP contribution in [-0.4, -0.2) is 48.0 Å². The first-order chi connectivity index (χ1) is 15.1. The van der Waals surface area contributed by atoms with Gasteiger partial charge in [-0.1, -0.05) is 34.1 Å². The minimum absolute atomic E-state index is 0.0817. The van der Waals surface area contributed by atoms with Gasteiger partial charge in [-0.05, 0) is 56.6 Å². The lowest BCUT2D eigenvalue weighted by molar-refractivity contribution is 0.0830. The van der Waals surface area contributed by atoms with Crippen LogP contribution in [0.1, 0.15) is 29.6 Å². The summed E-state index contributed by atoms with van der Waals surface area (Å²) in [4.78, 5) is 31.1. The van der Waals surface area contributed by atoms with E-state index >= 15 is 0 Å². The van der Waals surface area contributed by atoms with E-state index in [1.54, 1.807) is 12.1 Å². The number of benzene rings is 2. The van der Waals surface area contributed by atoms with Gasteiger partial charge in [-0.15, -0.1) is 0 Å². The Morgan fingerprint density at radius 3 is 2.71 bits per heavy atom. The lowest BCUT2D eigenvalue weighted by atomic mass is 9.89. The van der Waals surface area contributed by atoms with Crippen molar-refractivity contribution >= 4 is 44.6 Å². The number of para-hydroxylation sites is 1. The van der Waals surface area contributed by atoms with Gasteiger partial charge in [-0.3, -0.25) is 10.1 Å². The zero-order chi connectivity index (χ0) is 21.6.